The summed E-state index contributed by atoms with van der Waals surface area (Å²) >= 11 is 0. The fraction of sp³-hybridized carbons (Fsp3) is 0.0606. The van der Waals surface area contributed by atoms with E-state index < -0.39 is 5.41 Å². The molecule has 0 spiro atoms. The number of rotatable bonds is 8. The Morgan fingerprint density at radius 1 is 0.400 bits per heavy atom. The first-order chi connectivity index (χ1) is 34.3. The Morgan fingerprint density at radius 3 is 1.71 bits per heavy atom. The summed E-state index contributed by atoms with van der Waals surface area (Å²) in [6.07, 6.45) is 0. The largest absolute Gasteiger partial charge is 0.454 e. The standard InChI is InChI=1S/C66H47FN2O/c1-42-50-36-34-48(68(46-24-12-6-13-25-46)59-32-19-30-53-51-28-16-17-33-61(51)70-65(53)59)40-56(50)52-29-18-31-57-63(52)62(42)54-37-35-49(41-58(54)66(57,2)3)69(47-26-14-7-15-27-47)60-39-45(43-20-8-4-9-21-43)38-55(64(60)67)44-22-10-5-11-23-44/h4-41H,1-3H3. The Labute approximate surface area is 406 Å². The zero-order valence-electron chi connectivity index (χ0n) is 39.1. The fourth-order valence-electron chi connectivity index (χ4n) is 11.3. The molecule has 1 aliphatic rings. The molecule has 1 aromatic heterocycles. The third kappa shape index (κ3) is 6.48. The molecule has 334 valence electrons. The van der Waals surface area contributed by atoms with Crippen LogP contribution in [0.25, 0.3) is 76.9 Å². The number of halogens is 1. The van der Waals surface area contributed by atoms with Gasteiger partial charge in [0, 0.05) is 44.5 Å². The van der Waals surface area contributed by atoms with E-state index in [9.17, 15) is 0 Å². The Hall–Kier alpha value is -8.73. The number of fused-ring (bicyclic) bond motifs is 7. The molecule has 3 nitrogen and oxygen atoms in total. The van der Waals surface area contributed by atoms with Crippen molar-refractivity contribution in [1.82, 2.24) is 0 Å². The molecule has 4 heteroatoms. The zero-order valence-corrected chi connectivity index (χ0v) is 39.1. The molecular weight excluding hydrogens is 856 g/mol. The van der Waals surface area contributed by atoms with Crippen LogP contribution in [-0.2, 0) is 5.41 Å². The number of para-hydroxylation sites is 4. The molecule has 0 amide bonds. The molecule has 1 heterocycles. The fourth-order valence-corrected chi connectivity index (χ4v) is 11.3. The average molecular weight is 903 g/mol. The molecule has 0 atom stereocenters. The first kappa shape index (κ1) is 41.5. The third-order valence-electron chi connectivity index (χ3n) is 14.7. The van der Waals surface area contributed by atoms with Crippen molar-refractivity contribution in [2.75, 3.05) is 9.80 Å². The van der Waals surface area contributed by atoms with Gasteiger partial charge in [-0.25, -0.2) is 4.39 Å². The van der Waals surface area contributed by atoms with Gasteiger partial charge in [-0.2, -0.15) is 0 Å². The van der Waals surface area contributed by atoms with E-state index in [1.165, 1.54) is 49.4 Å². The highest BCUT2D eigenvalue weighted by molar-refractivity contribution is 6.20. The van der Waals surface area contributed by atoms with Gasteiger partial charge in [0.2, 0.25) is 0 Å². The maximum atomic E-state index is 17.7. The minimum atomic E-state index is -0.412. The Balaban J connectivity index is 1.01. The van der Waals surface area contributed by atoms with Crippen LogP contribution in [0.4, 0.5) is 38.5 Å². The summed E-state index contributed by atoms with van der Waals surface area (Å²) in [5.74, 6) is -0.274. The predicted molar refractivity (Wildman–Crippen MR) is 291 cm³/mol. The van der Waals surface area contributed by atoms with E-state index >= 15 is 4.39 Å². The van der Waals surface area contributed by atoms with Gasteiger partial charge < -0.3 is 14.2 Å². The first-order valence-corrected chi connectivity index (χ1v) is 24.0. The zero-order chi connectivity index (χ0) is 47.1. The van der Waals surface area contributed by atoms with Gasteiger partial charge in [-0.3, -0.25) is 0 Å². The Bertz CT molecular complexity index is 3990. The highest BCUT2D eigenvalue weighted by Crippen LogP contribution is 2.54. The van der Waals surface area contributed by atoms with Gasteiger partial charge in [-0.05, 0) is 146 Å². The molecule has 13 rings (SSSR count). The maximum Gasteiger partial charge on any atom is 0.159 e. The van der Waals surface area contributed by atoms with Crippen LogP contribution in [0.15, 0.2) is 235 Å². The van der Waals surface area contributed by atoms with Crippen LogP contribution in [0, 0.1) is 12.7 Å². The van der Waals surface area contributed by atoms with E-state index in [4.69, 9.17) is 4.42 Å². The molecule has 0 saturated heterocycles. The molecule has 12 aromatic rings. The molecule has 0 N–H and O–H groups in total. The van der Waals surface area contributed by atoms with E-state index in [1.807, 2.05) is 91.0 Å². The minimum absolute atomic E-state index is 0.274. The van der Waals surface area contributed by atoms with Gasteiger partial charge in [0.15, 0.2) is 11.4 Å². The number of furan rings is 1. The van der Waals surface area contributed by atoms with E-state index in [-0.39, 0.29) is 5.82 Å². The highest BCUT2D eigenvalue weighted by Gasteiger charge is 2.36. The highest BCUT2D eigenvalue weighted by atomic mass is 19.1. The molecule has 0 radical (unpaired) electrons. The lowest BCUT2D eigenvalue weighted by Gasteiger charge is -2.38. The summed E-state index contributed by atoms with van der Waals surface area (Å²) in [6.45, 7) is 6.95. The van der Waals surface area contributed by atoms with E-state index in [2.05, 4.69) is 170 Å². The average Bonchev–Trinajstić information content (AvgIpc) is 3.80. The number of anilines is 6. The summed E-state index contributed by atoms with van der Waals surface area (Å²) in [4.78, 5) is 4.43. The predicted octanol–water partition coefficient (Wildman–Crippen LogP) is 18.9. The van der Waals surface area contributed by atoms with Crippen LogP contribution in [-0.4, -0.2) is 0 Å². The summed E-state index contributed by atoms with van der Waals surface area (Å²) in [5, 5.41) is 7.08. The van der Waals surface area contributed by atoms with Crippen LogP contribution in [0.3, 0.4) is 0 Å². The van der Waals surface area contributed by atoms with Gasteiger partial charge in [-0.1, -0.05) is 172 Å². The van der Waals surface area contributed by atoms with Crippen LogP contribution in [0.5, 0.6) is 0 Å². The Morgan fingerprint density at radius 2 is 0.986 bits per heavy atom. The molecule has 11 aromatic carbocycles. The van der Waals surface area contributed by atoms with E-state index in [1.54, 1.807) is 0 Å². The molecule has 0 fully saturated rings. The summed E-state index contributed by atoms with van der Waals surface area (Å²) in [7, 11) is 0. The molecular formula is C66H47FN2O. The van der Waals surface area contributed by atoms with Gasteiger partial charge >= 0.3 is 0 Å². The van der Waals surface area contributed by atoms with Gasteiger partial charge in [0.1, 0.15) is 5.58 Å². The minimum Gasteiger partial charge on any atom is -0.454 e. The van der Waals surface area contributed by atoms with Crippen molar-refractivity contribution in [3.63, 3.8) is 0 Å². The molecule has 0 unspecified atom stereocenters. The van der Waals surface area contributed by atoms with E-state index in [0.29, 0.717) is 11.3 Å². The smallest absolute Gasteiger partial charge is 0.159 e. The molecule has 0 bridgehead atoms. The number of hydrogen-bond donors (Lipinski definition) is 0. The van der Waals surface area contributed by atoms with Crippen LogP contribution >= 0.6 is 0 Å². The van der Waals surface area contributed by atoms with Crippen molar-refractivity contribution in [2.24, 2.45) is 0 Å². The van der Waals surface area contributed by atoms with Gasteiger partial charge in [0.05, 0.1) is 11.4 Å². The molecule has 0 aliphatic heterocycles. The molecule has 70 heavy (non-hydrogen) atoms. The van der Waals surface area contributed by atoms with Crippen molar-refractivity contribution in [1.29, 1.82) is 0 Å². The van der Waals surface area contributed by atoms with Gasteiger partial charge in [0.25, 0.3) is 0 Å². The van der Waals surface area contributed by atoms with Crippen LogP contribution < -0.4 is 9.80 Å². The Kier molecular flexibility index (Phi) is 9.60. The lowest BCUT2D eigenvalue weighted by molar-refractivity contribution is 0.632. The van der Waals surface area contributed by atoms with Crippen LogP contribution in [0.2, 0.25) is 0 Å². The topological polar surface area (TPSA) is 19.6 Å². The number of benzene rings is 11. The van der Waals surface area contributed by atoms with Gasteiger partial charge in [-0.15, -0.1) is 0 Å². The monoisotopic (exact) mass is 902 g/mol. The quantitative estimate of drug-likeness (QED) is 0.142. The SMILES string of the molecule is Cc1c2c3c(cccc3c3cc(N(c4ccccc4)c4cccc5c4oc4ccccc45)ccc13)C(C)(C)c1cc(N(c3ccccc3)c3cc(-c4ccccc4)cc(-c4ccccc4)c3F)ccc1-2. The van der Waals surface area contributed by atoms with Crippen molar-refractivity contribution >= 4 is 77.6 Å². The van der Waals surface area contributed by atoms with Crippen molar-refractivity contribution < 1.29 is 8.81 Å². The lowest BCUT2D eigenvalue weighted by atomic mass is 9.67. The second-order valence-electron chi connectivity index (χ2n) is 19.0. The molecule has 0 saturated carbocycles. The van der Waals surface area contributed by atoms with E-state index in [0.717, 1.165) is 67.1 Å². The van der Waals surface area contributed by atoms with Crippen molar-refractivity contribution in [2.45, 2.75) is 26.2 Å². The van der Waals surface area contributed by atoms with Crippen molar-refractivity contribution in [3.8, 4) is 33.4 Å². The number of hydrogen-bond acceptors (Lipinski definition) is 3. The maximum absolute atomic E-state index is 17.7. The normalized spacial score (nSPS) is 12.7. The second-order valence-corrected chi connectivity index (χ2v) is 19.0. The summed E-state index contributed by atoms with van der Waals surface area (Å²) in [5.41, 5.74) is 16.1. The summed E-state index contributed by atoms with van der Waals surface area (Å²) in [6, 6.07) is 80.1. The third-order valence-corrected chi connectivity index (χ3v) is 14.7. The van der Waals surface area contributed by atoms with Crippen LogP contribution in [0.1, 0.15) is 30.5 Å². The number of nitrogens with zero attached hydrogens (tertiary/aromatic N) is 2. The first-order valence-electron chi connectivity index (χ1n) is 24.0. The molecule has 1 aliphatic carbocycles. The van der Waals surface area contributed by atoms with Crippen molar-refractivity contribution in [3.05, 3.63) is 253 Å². The second kappa shape index (κ2) is 16.2. The lowest BCUT2D eigenvalue weighted by Crippen LogP contribution is -2.25. The summed E-state index contributed by atoms with van der Waals surface area (Å²) < 4.78 is 24.3. The number of aryl methyl sites for hydroxylation is 1.